The Balaban J connectivity index is 1.83. The first-order valence-corrected chi connectivity index (χ1v) is 8.42. The van der Waals surface area contributed by atoms with E-state index in [9.17, 15) is 4.79 Å². The van der Waals surface area contributed by atoms with Gasteiger partial charge in [-0.3, -0.25) is 4.90 Å². The van der Waals surface area contributed by atoms with Crippen LogP contribution in [0.25, 0.3) is 0 Å². The van der Waals surface area contributed by atoms with Gasteiger partial charge in [-0.25, -0.2) is 4.79 Å². The fourth-order valence-corrected chi connectivity index (χ4v) is 3.67. The third-order valence-electron chi connectivity index (χ3n) is 4.88. The van der Waals surface area contributed by atoms with Crippen molar-refractivity contribution in [3.63, 3.8) is 0 Å². The SMILES string of the molecule is COCCN1C(C)CN(C(=O)NC2CCCCC2)CC1C. The molecule has 1 heterocycles. The van der Waals surface area contributed by atoms with Crippen molar-refractivity contribution in [3.05, 3.63) is 0 Å². The van der Waals surface area contributed by atoms with Gasteiger partial charge >= 0.3 is 6.03 Å². The lowest BCUT2D eigenvalue weighted by molar-refractivity contribution is 0.0341. The van der Waals surface area contributed by atoms with Crippen molar-refractivity contribution in [2.45, 2.75) is 64.1 Å². The number of methoxy groups -OCH3 is 1. The fraction of sp³-hybridized carbons (Fsp3) is 0.938. The zero-order valence-corrected chi connectivity index (χ0v) is 13.8. The smallest absolute Gasteiger partial charge is 0.317 e. The van der Waals surface area contributed by atoms with Crippen LogP contribution < -0.4 is 5.32 Å². The van der Waals surface area contributed by atoms with E-state index < -0.39 is 0 Å². The molecule has 1 aliphatic carbocycles. The highest BCUT2D eigenvalue weighted by molar-refractivity contribution is 5.74. The fourth-order valence-electron chi connectivity index (χ4n) is 3.67. The molecule has 0 aromatic heterocycles. The number of ether oxygens (including phenoxy) is 1. The van der Waals surface area contributed by atoms with Crippen LogP contribution in [0.3, 0.4) is 0 Å². The quantitative estimate of drug-likeness (QED) is 0.864. The van der Waals surface area contributed by atoms with Crippen LogP contribution >= 0.6 is 0 Å². The number of carbonyl (C=O) groups excluding carboxylic acids is 1. The summed E-state index contributed by atoms with van der Waals surface area (Å²) in [6, 6.07) is 1.30. The normalized spacial score (nSPS) is 28.6. The van der Waals surface area contributed by atoms with Gasteiger partial charge in [0, 0.05) is 44.9 Å². The molecule has 0 bridgehead atoms. The van der Waals surface area contributed by atoms with Crippen LogP contribution in [0.1, 0.15) is 46.0 Å². The lowest BCUT2D eigenvalue weighted by Crippen LogP contribution is -2.60. The first-order chi connectivity index (χ1) is 10.1. The lowest BCUT2D eigenvalue weighted by Gasteiger charge is -2.44. The van der Waals surface area contributed by atoms with Gasteiger partial charge in [-0.05, 0) is 26.7 Å². The van der Waals surface area contributed by atoms with Gasteiger partial charge in [-0.15, -0.1) is 0 Å². The van der Waals surface area contributed by atoms with Gasteiger partial charge in [0.2, 0.25) is 0 Å². The van der Waals surface area contributed by atoms with Gasteiger partial charge in [0.05, 0.1) is 6.61 Å². The number of nitrogens with zero attached hydrogens (tertiary/aromatic N) is 2. The molecule has 0 aromatic carbocycles. The van der Waals surface area contributed by atoms with Crippen molar-refractivity contribution in [3.8, 4) is 0 Å². The Morgan fingerprint density at radius 3 is 2.33 bits per heavy atom. The van der Waals surface area contributed by atoms with Crippen LogP contribution in [-0.4, -0.2) is 67.3 Å². The number of carbonyl (C=O) groups is 1. The van der Waals surface area contributed by atoms with Crippen LogP contribution in [0.15, 0.2) is 0 Å². The van der Waals surface area contributed by atoms with Gasteiger partial charge in [-0.2, -0.15) is 0 Å². The molecule has 21 heavy (non-hydrogen) atoms. The van der Waals surface area contributed by atoms with E-state index in [0.717, 1.165) is 39.1 Å². The molecule has 2 unspecified atom stereocenters. The van der Waals surface area contributed by atoms with Crippen molar-refractivity contribution in [2.75, 3.05) is 33.4 Å². The summed E-state index contributed by atoms with van der Waals surface area (Å²) >= 11 is 0. The molecule has 1 saturated heterocycles. The predicted octanol–water partition coefficient (Wildman–Crippen LogP) is 2.07. The molecule has 2 amide bonds. The molecule has 1 N–H and O–H groups in total. The van der Waals surface area contributed by atoms with Gasteiger partial charge in [0.1, 0.15) is 0 Å². The van der Waals surface area contributed by atoms with E-state index in [1.165, 1.54) is 19.3 Å². The summed E-state index contributed by atoms with van der Waals surface area (Å²) < 4.78 is 5.18. The van der Waals surface area contributed by atoms with Crippen LogP contribution in [0.2, 0.25) is 0 Å². The largest absolute Gasteiger partial charge is 0.383 e. The molecular formula is C16H31N3O2. The molecule has 0 aromatic rings. The summed E-state index contributed by atoms with van der Waals surface area (Å²) in [5, 5.41) is 3.23. The minimum absolute atomic E-state index is 0.131. The molecule has 1 aliphatic heterocycles. The topological polar surface area (TPSA) is 44.8 Å². The van der Waals surface area contributed by atoms with Gasteiger partial charge < -0.3 is 15.0 Å². The van der Waals surface area contributed by atoms with Crippen molar-refractivity contribution < 1.29 is 9.53 Å². The maximum absolute atomic E-state index is 12.4. The number of nitrogens with one attached hydrogen (secondary N) is 1. The van der Waals surface area contributed by atoms with E-state index in [0.29, 0.717) is 18.1 Å². The highest BCUT2D eigenvalue weighted by Crippen LogP contribution is 2.19. The number of rotatable bonds is 4. The third kappa shape index (κ3) is 4.58. The molecule has 2 aliphatic rings. The van der Waals surface area contributed by atoms with Crippen molar-refractivity contribution >= 4 is 6.03 Å². The van der Waals surface area contributed by atoms with Crippen molar-refractivity contribution in [1.29, 1.82) is 0 Å². The molecule has 2 fully saturated rings. The second kappa shape index (κ2) is 7.99. The van der Waals surface area contributed by atoms with E-state index in [-0.39, 0.29) is 6.03 Å². The molecule has 122 valence electrons. The molecule has 1 saturated carbocycles. The number of hydrogen-bond donors (Lipinski definition) is 1. The Hall–Kier alpha value is -0.810. The highest BCUT2D eigenvalue weighted by Gasteiger charge is 2.32. The van der Waals surface area contributed by atoms with Crippen LogP contribution in [0.4, 0.5) is 4.79 Å². The minimum Gasteiger partial charge on any atom is -0.383 e. The Morgan fingerprint density at radius 1 is 1.14 bits per heavy atom. The van der Waals surface area contributed by atoms with Gasteiger partial charge in [0.15, 0.2) is 0 Å². The molecule has 2 atom stereocenters. The van der Waals surface area contributed by atoms with Crippen molar-refractivity contribution in [1.82, 2.24) is 15.1 Å². The van der Waals surface area contributed by atoms with Crippen LogP contribution in [0, 0.1) is 0 Å². The molecule has 5 heteroatoms. The summed E-state index contributed by atoms with van der Waals surface area (Å²) in [6.07, 6.45) is 6.11. The second-order valence-electron chi connectivity index (χ2n) is 6.62. The molecule has 0 spiro atoms. The van der Waals surface area contributed by atoms with Crippen molar-refractivity contribution in [2.24, 2.45) is 0 Å². The Bertz CT molecular complexity index is 319. The summed E-state index contributed by atoms with van der Waals surface area (Å²) in [4.78, 5) is 16.9. The lowest BCUT2D eigenvalue weighted by atomic mass is 9.96. The number of urea groups is 1. The Morgan fingerprint density at radius 2 is 1.76 bits per heavy atom. The van der Waals surface area contributed by atoms with Crippen LogP contribution in [0.5, 0.6) is 0 Å². The number of hydrogen-bond acceptors (Lipinski definition) is 3. The average molecular weight is 297 g/mol. The third-order valence-corrected chi connectivity index (χ3v) is 4.88. The van der Waals surface area contributed by atoms with Crippen LogP contribution in [-0.2, 0) is 4.74 Å². The number of piperazine rings is 1. The van der Waals surface area contributed by atoms with Gasteiger partial charge in [0.25, 0.3) is 0 Å². The average Bonchev–Trinajstić information content (AvgIpc) is 2.47. The van der Waals surface area contributed by atoms with E-state index in [2.05, 4.69) is 24.1 Å². The van der Waals surface area contributed by atoms with E-state index in [4.69, 9.17) is 4.74 Å². The zero-order chi connectivity index (χ0) is 15.2. The Labute approximate surface area is 129 Å². The zero-order valence-electron chi connectivity index (χ0n) is 13.8. The summed E-state index contributed by atoms with van der Waals surface area (Å²) in [6.45, 7) is 7.72. The maximum Gasteiger partial charge on any atom is 0.317 e. The van der Waals surface area contributed by atoms with E-state index >= 15 is 0 Å². The van der Waals surface area contributed by atoms with E-state index in [1.807, 2.05) is 4.90 Å². The summed E-state index contributed by atoms with van der Waals surface area (Å²) in [5.41, 5.74) is 0. The molecular weight excluding hydrogens is 266 g/mol. The molecule has 2 rings (SSSR count). The summed E-state index contributed by atoms with van der Waals surface area (Å²) in [5.74, 6) is 0. The first kappa shape index (κ1) is 16.6. The molecule has 5 nitrogen and oxygen atoms in total. The molecule has 0 radical (unpaired) electrons. The predicted molar refractivity (Wildman–Crippen MR) is 84.5 cm³/mol. The Kier molecular flexibility index (Phi) is 6.30. The minimum atomic E-state index is 0.131. The van der Waals surface area contributed by atoms with Gasteiger partial charge in [-0.1, -0.05) is 19.3 Å². The first-order valence-electron chi connectivity index (χ1n) is 8.42. The van der Waals surface area contributed by atoms with E-state index in [1.54, 1.807) is 7.11 Å². The highest BCUT2D eigenvalue weighted by atomic mass is 16.5. The second-order valence-corrected chi connectivity index (χ2v) is 6.62. The standard InChI is InChI=1S/C16H31N3O2/c1-13-11-18(12-14(2)19(13)9-10-21-3)16(20)17-15-7-5-4-6-8-15/h13-15H,4-12H2,1-3H3,(H,17,20). The number of amides is 2. The summed E-state index contributed by atoms with van der Waals surface area (Å²) in [7, 11) is 1.74. The monoisotopic (exact) mass is 297 g/mol. The maximum atomic E-state index is 12.4.